The van der Waals surface area contributed by atoms with Gasteiger partial charge in [-0.1, -0.05) is 32.9 Å². The molecule has 1 aliphatic rings. The monoisotopic (exact) mass is 414 g/mol. The number of hydrogen-bond donors (Lipinski definition) is 1. The first kappa shape index (κ1) is 21.5. The Bertz CT molecular complexity index is 934. The molecular weight excluding hydrogens is 387 g/mol. The maximum atomic E-state index is 13.9. The quantitative estimate of drug-likeness (QED) is 0.587. The van der Waals surface area contributed by atoms with E-state index in [1.54, 1.807) is 29.2 Å². The fraction of sp³-hybridized carbons (Fsp3) is 0.409. The maximum absolute atomic E-state index is 13.9. The summed E-state index contributed by atoms with van der Waals surface area (Å²) in [5.74, 6) is -0.834. The Balaban J connectivity index is 1.71. The van der Waals surface area contributed by atoms with Gasteiger partial charge in [0.15, 0.2) is 0 Å². The Labute approximate surface area is 175 Å². The van der Waals surface area contributed by atoms with Gasteiger partial charge in [-0.15, -0.1) is 0 Å². The van der Waals surface area contributed by atoms with Crippen molar-refractivity contribution in [3.63, 3.8) is 0 Å². The van der Waals surface area contributed by atoms with E-state index in [2.05, 4.69) is 31.0 Å². The van der Waals surface area contributed by atoms with E-state index < -0.39 is 5.82 Å². The van der Waals surface area contributed by atoms with Gasteiger partial charge in [0, 0.05) is 44.5 Å². The summed E-state index contributed by atoms with van der Waals surface area (Å²) in [6, 6.07) is 11.0. The summed E-state index contributed by atoms with van der Waals surface area (Å²) in [7, 11) is 0. The normalized spacial score (nSPS) is 14.5. The topological polar surface area (TPSA) is 78.7 Å². The lowest BCUT2D eigenvalue weighted by molar-refractivity contribution is -0.384. The lowest BCUT2D eigenvalue weighted by Crippen LogP contribution is -2.49. The predicted molar refractivity (Wildman–Crippen MR) is 116 cm³/mol. The average molecular weight is 414 g/mol. The molecule has 30 heavy (non-hydrogen) atoms. The Hall–Kier alpha value is -3.16. The molecule has 8 heteroatoms. The molecule has 1 heterocycles. The van der Waals surface area contributed by atoms with Crippen molar-refractivity contribution in [1.82, 2.24) is 4.90 Å². The number of carbonyl (C=O) groups is 1. The molecule has 160 valence electrons. The number of nitro groups is 1. The van der Waals surface area contributed by atoms with E-state index in [9.17, 15) is 19.3 Å². The van der Waals surface area contributed by atoms with Gasteiger partial charge in [0.05, 0.1) is 10.5 Å². The summed E-state index contributed by atoms with van der Waals surface area (Å²) >= 11 is 0. The number of halogens is 1. The van der Waals surface area contributed by atoms with E-state index >= 15 is 0 Å². The van der Waals surface area contributed by atoms with E-state index in [-0.39, 0.29) is 27.5 Å². The highest BCUT2D eigenvalue weighted by atomic mass is 19.1. The molecule has 0 saturated carbocycles. The first-order valence-electron chi connectivity index (χ1n) is 9.97. The van der Waals surface area contributed by atoms with Crippen LogP contribution in [-0.4, -0.2) is 48.5 Å². The highest BCUT2D eigenvalue weighted by Crippen LogP contribution is 2.31. The van der Waals surface area contributed by atoms with Crippen LogP contribution in [0.2, 0.25) is 0 Å². The molecule has 7 nitrogen and oxygen atoms in total. The molecular formula is C22H27FN4O3. The summed E-state index contributed by atoms with van der Waals surface area (Å²) in [5.41, 5.74) is 1.43. The number of hydrogen-bond acceptors (Lipinski definition) is 5. The molecule has 0 aliphatic carbocycles. The van der Waals surface area contributed by atoms with Crippen LogP contribution in [0.3, 0.4) is 0 Å². The predicted octanol–water partition coefficient (Wildman–Crippen LogP) is 4.15. The van der Waals surface area contributed by atoms with Crippen LogP contribution in [0.5, 0.6) is 0 Å². The van der Waals surface area contributed by atoms with Gasteiger partial charge >= 0.3 is 0 Å². The van der Waals surface area contributed by atoms with E-state index in [1.165, 1.54) is 18.2 Å². The van der Waals surface area contributed by atoms with Crippen LogP contribution in [0, 0.1) is 21.3 Å². The van der Waals surface area contributed by atoms with Crippen LogP contribution in [-0.2, 0) is 0 Å². The minimum atomic E-state index is -0.519. The van der Waals surface area contributed by atoms with E-state index in [1.807, 2.05) is 0 Å². The molecule has 2 aromatic carbocycles. The molecule has 1 fully saturated rings. The summed E-state index contributed by atoms with van der Waals surface area (Å²) < 4.78 is 13.9. The third-order valence-electron chi connectivity index (χ3n) is 5.02. The van der Waals surface area contributed by atoms with Gasteiger partial charge in [0.2, 0.25) is 0 Å². The molecule has 1 N–H and O–H groups in total. The molecule has 2 aromatic rings. The molecule has 0 atom stereocenters. The van der Waals surface area contributed by atoms with Crippen molar-refractivity contribution in [2.45, 2.75) is 20.8 Å². The number of amides is 1. The van der Waals surface area contributed by atoms with Crippen molar-refractivity contribution in [3.8, 4) is 0 Å². The maximum Gasteiger partial charge on any atom is 0.292 e. The van der Waals surface area contributed by atoms with Gasteiger partial charge in [0.1, 0.15) is 11.5 Å². The van der Waals surface area contributed by atoms with Crippen molar-refractivity contribution in [3.05, 3.63) is 64.0 Å². The van der Waals surface area contributed by atoms with E-state index in [0.717, 1.165) is 5.69 Å². The van der Waals surface area contributed by atoms with Gasteiger partial charge < -0.3 is 15.1 Å². The lowest BCUT2D eigenvalue weighted by Gasteiger charge is -2.36. The second-order valence-electron chi connectivity index (χ2n) is 8.63. The molecule has 0 aromatic heterocycles. The van der Waals surface area contributed by atoms with Crippen molar-refractivity contribution in [2.75, 3.05) is 42.9 Å². The van der Waals surface area contributed by atoms with Gasteiger partial charge in [-0.05, 0) is 29.7 Å². The van der Waals surface area contributed by atoms with Crippen molar-refractivity contribution >= 4 is 23.0 Å². The minimum Gasteiger partial charge on any atom is -0.379 e. The van der Waals surface area contributed by atoms with Gasteiger partial charge in [-0.25, -0.2) is 4.39 Å². The van der Waals surface area contributed by atoms with Crippen LogP contribution in [0.15, 0.2) is 42.5 Å². The second-order valence-corrected chi connectivity index (χ2v) is 8.63. The second kappa shape index (κ2) is 8.69. The third kappa shape index (κ3) is 5.06. The zero-order valence-electron chi connectivity index (χ0n) is 17.5. The largest absolute Gasteiger partial charge is 0.379 e. The highest BCUT2D eigenvalue weighted by molar-refractivity contribution is 5.94. The standard InChI is InChI=1S/C22H27FN4O3/c1-22(2,3)15-24-19-14-16(8-9-20(19)27(29)30)25-10-12-26(13-11-25)21(28)17-6-4-5-7-18(17)23/h4-9,14,24H,10-13,15H2,1-3H3. The van der Waals surface area contributed by atoms with Crippen molar-refractivity contribution in [1.29, 1.82) is 0 Å². The summed E-state index contributed by atoms with van der Waals surface area (Å²) in [4.78, 5) is 27.3. The van der Waals surface area contributed by atoms with Crippen LogP contribution in [0.4, 0.5) is 21.5 Å². The van der Waals surface area contributed by atoms with E-state index in [0.29, 0.717) is 38.4 Å². The number of nitro benzene ring substituents is 1. The minimum absolute atomic E-state index is 0.0252. The fourth-order valence-corrected chi connectivity index (χ4v) is 3.35. The molecule has 0 spiro atoms. The Morgan fingerprint density at radius 2 is 1.80 bits per heavy atom. The number of nitrogens with zero attached hydrogens (tertiary/aromatic N) is 3. The number of rotatable bonds is 5. The van der Waals surface area contributed by atoms with Crippen LogP contribution >= 0.6 is 0 Å². The van der Waals surface area contributed by atoms with Crippen molar-refractivity contribution in [2.24, 2.45) is 5.41 Å². The molecule has 0 radical (unpaired) electrons. The van der Waals surface area contributed by atoms with Gasteiger partial charge in [0.25, 0.3) is 11.6 Å². The molecule has 0 unspecified atom stereocenters. The van der Waals surface area contributed by atoms with Gasteiger partial charge in [-0.3, -0.25) is 14.9 Å². The average Bonchev–Trinajstić information content (AvgIpc) is 2.71. The van der Waals surface area contributed by atoms with Crippen LogP contribution < -0.4 is 10.2 Å². The molecule has 1 aliphatic heterocycles. The SMILES string of the molecule is CC(C)(C)CNc1cc(N2CCN(C(=O)c3ccccc3F)CC2)ccc1[N+](=O)[O-]. The van der Waals surface area contributed by atoms with Crippen LogP contribution in [0.25, 0.3) is 0 Å². The Morgan fingerprint density at radius 1 is 1.13 bits per heavy atom. The number of carbonyl (C=O) groups excluding carboxylic acids is 1. The summed E-state index contributed by atoms with van der Waals surface area (Å²) in [5, 5.41) is 14.6. The Morgan fingerprint density at radius 3 is 2.40 bits per heavy atom. The van der Waals surface area contributed by atoms with Crippen molar-refractivity contribution < 1.29 is 14.1 Å². The molecule has 1 amide bonds. The Kier molecular flexibility index (Phi) is 6.24. The lowest BCUT2D eigenvalue weighted by atomic mass is 9.97. The number of anilines is 2. The first-order valence-corrected chi connectivity index (χ1v) is 9.97. The molecule has 1 saturated heterocycles. The number of nitrogens with one attached hydrogen (secondary N) is 1. The first-order chi connectivity index (χ1) is 14.2. The summed E-state index contributed by atoms with van der Waals surface area (Å²) in [6.45, 7) is 8.81. The summed E-state index contributed by atoms with van der Waals surface area (Å²) in [6.07, 6.45) is 0. The zero-order valence-corrected chi connectivity index (χ0v) is 17.5. The number of benzene rings is 2. The smallest absolute Gasteiger partial charge is 0.292 e. The van der Waals surface area contributed by atoms with E-state index in [4.69, 9.17) is 0 Å². The molecule has 3 rings (SSSR count). The van der Waals surface area contributed by atoms with Crippen LogP contribution in [0.1, 0.15) is 31.1 Å². The number of piperazine rings is 1. The molecule has 0 bridgehead atoms. The zero-order chi connectivity index (χ0) is 21.9. The highest BCUT2D eigenvalue weighted by Gasteiger charge is 2.25. The van der Waals surface area contributed by atoms with Gasteiger partial charge in [-0.2, -0.15) is 0 Å². The third-order valence-corrected chi connectivity index (χ3v) is 5.02. The fourth-order valence-electron chi connectivity index (χ4n) is 3.35.